The quantitative estimate of drug-likeness (QED) is 0.839. The van der Waals surface area contributed by atoms with E-state index in [-0.39, 0.29) is 18.5 Å². The smallest absolute Gasteiger partial charge is 0.352 e. The highest BCUT2D eigenvalue weighted by Gasteiger charge is 2.32. The summed E-state index contributed by atoms with van der Waals surface area (Å²) < 4.78 is 2.33. The predicted molar refractivity (Wildman–Crippen MR) is 101 cm³/mol. The highest BCUT2D eigenvalue weighted by molar-refractivity contribution is 7.12. The summed E-state index contributed by atoms with van der Waals surface area (Å²) in [5, 5.41) is 13.3. The fourth-order valence-electron chi connectivity index (χ4n) is 3.62. The van der Waals surface area contributed by atoms with Crippen LogP contribution in [0.1, 0.15) is 52.9 Å². The lowest BCUT2D eigenvalue weighted by molar-refractivity contribution is -0.123. The van der Waals surface area contributed by atoms with E-state index >= 15 is 0 Å². The molecule has 1 aliphatic carbocycles. The van der Waals surface area contributed by atoms with Crippen molar-refractivity contribution in [1.82, 2.24) is 25.1 Å². The van der Waals surface area contributed by atoms with Crippen molar-refractivity contribution in [1.29, 1.82) is 0 Å². The topological polar surface area (TPSA) is 81.8 Å². The standard InChI is InChI=1S/C18H27N5O2S/c1-4-18(2,3)13-7-9-14(10-8-13)19-15(24)12-22-17(25)23(21-20-22)16-6-5-11-26-16/h5-6,11,13-14H,4,7-10,12H2,1-3H3,(H,19,24). The Hall–Kier alpha value is -1.96. The van der Waals surface area contributed by atoms with E-state index in [1.807, 2.05) is 11.4 Å². The monoisotopic (exact) mass is 377 g/mol. The molecule has 3 rings (SSSR count). The first-order chi connectivity index (χ1) is 12.4. The molecule has 0 atom stereocenters. The van der Waals surface area contributed by atoms with Crippen molar-refractivity contribution in [2.75, 3.05) is 0 Å². The van der Waals surface area contributed by atoms with E-state index in [0.717, 1.165) is 30.4 Å². The van der Waals surface area contributed by atoms with Crippen molar-refractivity contribution in [2.24, 2.45) is 11.3 Å². The highest BCUT2D eigenvalue weighted by Crippen LogP contribution is 2.40. The lowest BCUT2D eigenvalue weighted by Crippen LogP contribution is -2.42. The summed E-state index contributed by atoms with van der Waals surface area (Å²) in [6.45, 7) is 6.82. The van der Waals surface area contributed by atoms with Gasteiger partial charge in [-0.3, -0.25) is 4.79 Å². The Kier molecular flexibility index (Phi) is 5.60. The second kappa shape index (κ2) is 7.73. The van der Waals surface area contributed by atoms with E-state index in [9.17, 15) is 9.59 Å². The van der Waals surface area contributed by atoms with E-state index in [1.54, 1.807) is 6.07 Å². The van der Waals surface area contributed by atoms with Crippen LogP contribution in [0.3, 0.4) is 0 Å². The Morgan fingerprint density at radius 2 is 2.04 bits per heavy atom. The van der Waals surface area contributed by atoms with E-state index in [2.05, 4.69) is 36.5 Å². The number of nitrogens with zero attached hydrogens (tertiary/aromatic N) is 4. The third-order valence-corrected chi connectivity index (χ3v) is 6.60. The zero-order valence-electron chi connectivity index (χ0n) is 15.6. The number of aromatic nitrogens is 4. The average Bonchev–Trinajstić information content (AvgIpc) is 3.26. The molecule has 1 saturated carbocycles. The first-order valence-corrected chi connectivity index (χ1v) is 10.1. The molecular formula is C18H27N5O2S. The number of tetrazole rings is 1. The summed E-state index contributed by atoms with van der Waals surface area (Å²) >= 11 is 1.40. The van der Waals surface area contributed by atoms with Crippen molar-refractivity contribution in [3.8, 4) is 5.00 Å². The SMILES string of the molecule is CCC(C)(C)C1CCC(NC(=O)Cn2nnn(-c3cccs3)c2=O)CC1. The number of thiophene rings is 1. The summed E-state index contributed by atoms with van der Waals surface area (Å²) in [4.78, 5) is 24.6. The first kappa shape index (κ1) is 18.8. The minimum Gasteiger partial charge on any atom is -0.352 e. The third-order valence-electron chi connectivity index (χ3n) is 5.76. The lowest BCUT2D eigenvalue weighted by Gasteiger charge is -2.39. The van der Waals surface area contributed by atoms with Gasteiger partial charge >= 0.3 is 5.69 Å². The summed E-state index contributed by atoms with van der Waals surface area (Å²) in [7, 11) is 0. The van der Waals surface area contributed by atoms with E-state index < -0.39 is 5.69 Å². The number of rotatable bonds is 6. The fraction of sp³-hybridized carbons (Fsp3) is 0.667. The maximum atomic E-state index is 12.3. The van der Waals surface area contributed by atoms with Gasteiger partial charge in [0.25, 0.3) is 0 Å². The van der Waals surface area contributed by atoms with Gasteiger partial charge in [0.1, 0.15) is 11.5 Å². The number of carbonyl (C=O) groups is 1. The second-order valence-electron chi connectivity index (χ2n) is 7.74. The van der Waals surface area contributed by atoms with Gasteiger partial charge in [0.05, 0.1) is 0 Å². The van der Waals surface area contributed by atoms with Crippen molar-refractivity contribution in [3.05, 3.63) is 28.0 Å². The first-order valence-electron chi connectivity index (χ1n) is 9.27. The molecule has 2 aromatic rings. The molecule has 0 aliphatic heterocycles. The molecule has 142 valence electrons. The van der Waals surface area contributed by atoms with Crippen molar-refractivity contribution in [3.63, 3.8) is 0 Å². The third kappa shape index (κ3) is 4.06. The molecule has 0 radical (unpaired) electrons. The van der Waals surface area contributed by atoms with Crippen LogP contribution >= 0.6 is 11.3 Å². The number of hydrogen-bond donors (Lipinski definition) is 1. The molecule has 2 heterocycles. The van der Waals surface area contributed by atoms with Crippen molar-refractivity contribution >= 4 is 17.2 Å². The minimum atomic E-state index is -0.393. The van der Waals surface area contributed by atoms with Gasteiger partial charge in [-0.15, -0.1) is 11.3 Å². The van der Waals surface area contributed by atoms with Crippen LogP contribution in [-0.2, 0) is 11.3 Å². The molecular weight excluding hydrogens is 350 g/mol. The van der Waals surface area contributed by atoms with Gasteiger partial charge in [-0.25, -0.2) is 4.79 Å². The molecule has 1 fully saturated rings. The maximum absolute atomic E-state index is 12.3. The van der Waals surface area contributed by atoms with Gasteiger partial charge in [0.2, 0.25) is 5.91 Å². The molecule has 2 aromatic heterocycles. The summed E-state index contributed by atoms with van der Waals surface area (Å²) in [5.41, 5.74) is -0.0289. The lowest BCUT2D eigenvalue weighted by atomic mass is 9.69. The Balaban J connectivity index is 1.54. The van der Waals surface area contributed by atoms with Gasteiger partial charge in [-0.1, -0.05) is 27.2 Å². The zero-order valence-corrected chi connectivity index (χ0v) is 16.5. The number of carbonyl (C=O) groups excluding carboxylic acids is 1. The largest absolute Gasteiger partial charge is 0.369 e. The normalized spacial score (nSPS) is 20.9. The maximum Gasteiger partial charge on any atom is 0.369 e. The number of amides is 1. The Morgan fingerprint density at radius 1 is 1.31 bits per heavy atom. The van der Waals surface area contributed by atoms with Crippen LogP contribution < -0.4 is 11.0 Å². The molecule has 1 aliphatic rings. The Morgan fingerprint density at radius 3 is 2.65 bits per heavy atom. The van der Waals surface area contributed by atoms with Gasteiger partial charge in [0.15, 0.2) is 0 Å². The van der Waals surface area contributed by atoms with Gasteiger partial charge < -0.3 is 5.32 Å². The molecule has 0 spiro atoms. The highest BCUT2D eigenvalue weighted by atomic mass is 32.1. The second-order valence-corrected chi connectivity index (χ2v) is 8.67. The molecule has 0 saturated heterocycles. The number of nitrogens with one attached hydrogen (secondary N) is 1. The molecule has 8 heteroatoms. The number of hydrogen-bond acceptors (Lipinski definition) is 5. The van der Waals surface area contributed by atoms with Gasteiger partial charge in [-0.05, 0) is 65.0 Å². The van der Waals surface area contributed by atoms with Crippen LogP contribution in [-0.4, -0.2) is 31.7 Å². The molecule has 0 bridgehead atoms. The minimum absolute atomic E-state index is 0.0927. The molecule has 1 N–H and O–H groups in total. The average molecular weight is 378 g/mol. The molecule has 7 nitrogen and oxygen atoms in total. The van der Waals surface area contributed by atoms with Crippen LogP contribution in [0.2, 0.25) is 0 Å². The summed E-state index contributed by atoms with van der Waals surface area (Å²) in [6.07, 6.45) is 5.45. The Labute approximate surface area is 157 Å². The molecule has 26 heavy (non-hydrogen) atoms. The molecule has 0 unspecified atom stereocenters. The van der Waals surface area contributed by atoms with Crippen LogP contribution in [0.25, 0.3) is 5.00 Å². The summed E-state index contributed by atoms with van der Waals surface area (Å²) in [5.74, 6) is 0.539. The van der Waals surface area contributed by atoms with Crippen LogP contribution in [0.4, 0.5) is 0 Å². The van der Waals surface area contributed by atoms with Crippen LogP contribution in [0, 0.1) is 11.3 Å². The summed E-state index contributed by atoms with van der Waals surface area (Å²) in [6, 6.07) is 3.82. The molecule has 1 amide bonds. The van der Waals surface area contributed by atoms with Crippen LogP contribution in [0.5, 0.6) is 0 Å². The molecule has 0 aromatic carbocycles. The zero-order chi connectivity index (χ0) is 18.7. The van der Waals surface area contributed by atoms with Crippen LogP contribution in [0.15, 0.2) is 22.3 Å². The predicted octanol–water partition coefficient (Wildman–Crippen LogP) is 2.60. The fourth-order valence-corrected chi connectivity index (χ4v) is 4.29. The van der Waals surface area contributed by atoms with Crippen molar-refractivity contribution in [2.45, 2.75) is 65.5 Å². The van der Waals surface area contributed by atoms with Gasteiger partial charge in [0, 0.05) is 6.04 Å². The van der Waals surface area contributed by atoms with Gasteiger partial charge in [-0.2, -0.15) is 9.36 Å². The van der Waals surface area contributed by atoms with E-state index in [4.69, 9.17) is 0 Å². The van der Waals surface area contributed by atoms with E-state index in [1.165, 1.54) is 22.4 Å². The Bertz CT molecular complexity index is 785. The van der Waals surface area contributed by atoms with Crippen molar-refractivity contribution < 1.29 is 4.79 Å². The van der Waals surface area contributed by atoms with E-state index in [0.29, 0.717) is 16.3 Å².